The molecule has 6 heteroatoms. The van der Waals surface area contributed by atoms with Crippen LogP contribution in [0.2, 0.25) is 0 Å². The van der Waals surface area contributed by atoms with E-state index in [0.717, 1.165) is 33.7 Å². The van der Waals surface area contributed by atoms with E-state index in [0.29, 0.717) is 0 Å². The lowest BCUT2D eigenvalue weighted by molar-refractivity contribution is 0.741. The molecule has 1 atom stereocenters. The molecular formula is C14H13BrClN3S. The number of rotatable bonds is 3. The molecule has 3 aromatic rings. The molecule has 20 heavy (non-hydrogen) atoms. The molecule has 0 aliphatic carbocycles. The molecule has 0 fully saturated rings. The number of hydrogen-bond acceptors (Lipinski definition) is 3. The van der Waals surface area contributed by atoms with Crippen molar-refractivity contribution in [1.29, 1.82) is 0 Å². The Labute approximate surface area is 134 Å². The molecule has 3 aromatic heterocycles. The van der Waals surface area contributed by atoms with Crippen molar-refractivity contribution in [1.82, 2.24) is 14.5 Å². The molecule has 0 N–H and O–H groups in total. The Bertz CT molecular complexity index is 763. The van der Waals surface area contributed by atoms with Crippen LogP contribution in [0.1, 0.15) is 28.7 Å². The Morgan fingerprint density at radius 1 is 1.35 bits per heavy atom. The molecule has 0 aromatic carbocycles. The zero-order chi connectivity index (χ0) is 14.3. The molecule has 3 nitrogen and oxygen atoms in total. The zero-order valence-corrected chi connectivity index (χ0v) is 14.3. The minimum Gasteiger partial charge on any atom is -0.306 e. The number of thiophene rings is 1. The van der Waals surface area contributed by atoms with Crippen LogP contribution in [-0.2, 0) is 6.54 Å². The van der Waals surface area contributed by atoms with E-state index in [9.17, 15) is 0 Å². The second-order valence-electron chi connectivity index (χ2n) is 4.66. The third kappa shape index (κ3) is 2.50. The lowest BCUT2D eigenvalue weighted by atomic mass is 10.3. The summed E-state index contributed by atoms with van der Waals surface area (Å²) in [4.78, 5) is 10.5. The van der Waals surface area contributed by atoms with Gasteiger partial charge >= 0.3 is 0 Å². The predicted molar refractivity (Wildman–Crippen MR) is 87.7 cm³/mol. The molecule has 104 valence electrons. The standard InChI is InChI=1S/C14H13BrClN3S/c1-8-3-4-11-14(17-8)19(13(18-11)9(2)16)7-12-10(15)5-6-20-12/h3-6,9H,7H2,1-2H3. The van der Waals surface area contributed by atoms with Crippen LogP contribution in [0.3, 0.4) is 0 Å². The maximum atomic E-state index is 6.28. The van der Waals surface area contributed by atoms with Gasteiger partial charge in [0.05, 0.1) is 11.9 Å². The Morgan fingerprint density at radius 3 is 2.80 bits per heavy atom. The average molecular weight is 371 g/mol. The van der Waals surface area contributed by atoms with Crippen LogP contribution < -0.4 is 0 Å². The molecule has 3 rings (SSSR count). The SMILES string of the molecule is Cc1ccc2nc(C(C)Cl)n(Cc3sccc3Br)c2n1. The second-order valence-corrected chi connectivity index (χ2v) is 7.17. The fourth-order valence-corrected chi connectivity index (χ4v) is 3.79. The molecule has 0 saturated carbocycles. The molecule has 3 heterocycles. The highest BCUT2D eigenvalue weighted by molar-refractivity contribution is 9.10. The number of alkyl halides is 1. The highest BCUT2D eigenvalue weighted by Gasteiger charge is 2.17. The van der Waals surface area contributed by atoms with Crippen molar-refractivity contribution in [2.75, 3.05) is 0 Å². The molecule has 0 radical (unpaired) electrons. The van der Waals surface area contributed by atoms with Crippen LogP contribution >= 0.6 is 38.9 Å². The number of imidazole rings is 1. The van der Waals surface area contributed by atoms with Gasteiger partial charge in [0.2, 0.25) is 0 Å². The molecule has 0 spiro atoms. The van der Waals surface area contributed by atoms with E-state index in [1.807, 2.05) is 26.0 Å². The molecular weight excluding hydrogens is 358 g/mol. The number of aryl methyl sites for hydroxylation is 1. The van der Waals surface area contributed by atoms with E-state index in [-0.39, 0.29) is 5.38 Å². The van der Waals surface area contributed by atoms with Gasteiger partial charge in [0.25, 0.3) is 0 Å². The van der Waals surface area contributed by atoms with Gasteiger partial charge in [-0.1, -0.05) is 0 Å². The summed E-state index contributed by atoms with van der Waals surface area (Å²) in [6.07, 6.45) is 0. The van der Waals surface area contributed by atoms with E-state index in [1.54, 1.807) is 11.3 Å². The number of hydrogen-bond donors (Lipinski definition) is 0. The first kappa shape index (κ1) is 14.0. The molecule has 0 amide bonds. The molecule has 0 aliphatic rings. The Balaban J connectivity index is 2.18. The van der Waals surface area contributed by atoms with E-state index in [4.69, 9.17) is 11.6 Å². The summed E-state index contributed by atoms with van der Waals surface area (Å²) >= 11 is 11.6. The van der Waals surface area contributed by atoms with Gasteiger partial charge in [0.15, 0.2) is 5.65 Å². The van der Waals surface area contributed by atoms with Crippen LogP contribution in [0.4, 0.5) is 0 Å². The number of fused-ring (bicyclic) bond motifs is 1. The Morgan fingerprint density at radius 2 is 2.15 bits per heavy atom. The van der Waals surface area contributed by atoms with Crippen LogP contribution in [-0.4, -0.2) is 14.5 Å². The fourth-order valence-electron chi connectivity index (χ4n) is 2.15. The predicted octanol–water partition coefficient (Wildman–Crippen LogP) is 4.91. The van der Waals surface area contributed by atoms with Gasteiger partial charge in [-0.15, -0.1) is 22.9 Å². The zero-order valence-electron chi connectivity index (χ0n) is 11.1. The summed E-state index contributed by atoms with van der Waals surface area (Å²) in [6, 6.07) is 6.03. The maximum Gasteiger partial charge on any atom is 0.160 e. The second kappa shape index (κ2) is 5.47. The highest BCUT2D eigenvalue weighted by atomic mass is 79.9. The quantitative estimate of drug-likeness (QED) is 0.613. The maximum absolute atomic E-state index is 6.28. The lowest BCUT2D eigenvalue weighted by Crippen LogP contribution is -2.06. The van der Waals surface area contributed by atoms with E-state index in [2.05, 4.69) is 41.9 Å². The Kier molecular flexibility index (Phi) is 3.84. The van der Waals surface area contributed by atoms with Gasteiger partial charge < -0.3 is 4.57 Å². The lowest BCUT2D eigenvalue weighted by Gasteiger charge is -2.09. The van der Waals surface area contributed by atoms with Crippen LogP contribution in [0.25, 0.3) is 11.2 Å². The minimum atomic E-state index is -0.150. The number of halogens is 2. The third-order valence-electron chi connectivity index (χ3n) is 3.11. The normalized spacial score (nSPS) is 13.0. The summed E-state index contributed by atoms with van der Waals surface area (Å²) in [7, 11) is 0. The van der Waals surface area contributed by atoms with Crippen LogP contribution in [0.15, 0.2) is 28.1 Å². The molecule has 0 saturated heterocycles. The molecule has 0 aliphatic heterocycles. The van der Waals surface area contributed by atoms with Crippen molar-refractivity contribution in [3.05, 3.63) is 44.4 Å². The van der Waals surface area contributed by atoms with Crippen molar-refractivity contribution in [3.8, 4) is 0 Å². The number of pyridine rings is 1. The average Bonchev–Trinajstić information content (AvgIpc) is 2.95. The van der Waals surface area contributed by atoms with Gasteiger partial charge in [-0.3, -0.25) is 0 Å². The van der Waals surface area contributed by atoms with Crippen LogP contribution in [0, 0.1) is 6.92 Å². The summed E-state index contributed by atoms with van der Waals surface area (Å²) < 4.78 is 3.22. The first-order valence-electron chi connectivity index (χ1n) is 6.26. The van der Waals surface area contributed by atoms with Gasteiger partial charge in [-0.05, 0) is 53.4 Å². The van der Waals surface area contributed by atoms with Crippen molar-refractivity contribution < 1.29 is 0 Å². The van der Waals surface area contributed by atoms with Crippen molar-refractivity contribution in [2.45, 2.75) is 25.8 Å². The number of aromatic nitrogens is 3. The fraction of sp³-hybridized carbons (Fsp3) is 0.286. The first-order valence-corrected chi connectivity index (χ1v) is 8.37. The third-order valence-corrected chi connectivity index (χ3v) is 5.22. The largest absolute Gasteiger partial charge is 0.306 e. The van der Waals surface area contributed by atoms with Gasteiger partial charge in [0.1, 0.15) is 11.3 Å². The topological polar surface area (TPSA) is 30.7 Å². The Hall–Kier alpha value is -0.910. The monoisotopic (exact) mass is 369 g/mol. The van der Waals surface area contributed by atoms with E-state index in [1.165, 1.54) is 4.88 Å². The van der Waals surface area contributed by atoms with E-state index < -0.39 is 0 Å². The highest BCUT2D eigenvalue weighted by Crippen LogP contribution is 2.29. The van der Waals surface area contributed by atoms with Gasteiger partial charge in [-0.2, -0.15) is 0 Å². The molecule has 1 unspecified atom stereocenters. The smallest absolute Gasteiger partial charge is 0.160 e. The number of nitrogens with zero attached hydrogens (tertiary/aromatic N) is 3. The minimum absolute atomic E-state index is 0.150. The summed E-state index contributed by atoms with van der Waals surface area (Å²) in [6.45, 7) is 4.66. The summed E-state index contributed by atoms with van der Waals surface area (Å²) in [5.41, 5.74) is 2.77. The van der Waals surface area contributed by atoms with Crippen molar-refractivity contribution in [3.63, 3.8) is 0 Å². The van der Waals surface area contributed by atoms with Crippen molar-refractivity contribution >= 4 is 50.0 Å². The first-order chi connectivity index (χ1) is 9.56. The van der Waals surface area contributed by atoms with E-state index >= 15 is 0 Å². The van der Waals surface area contributed by atoms with Crippen molar-refractivity contribution in [2.24, 2.45) is 0 Å². The molecule has 0 bridgehead atoms. The van der Waals surface area contributed by atoms with Crippen LogP contribution in [0.5, 0.6) is 0 Å². The summed E-state index contributed by atoms with van der Waals surface area (Å²) in [5, 5.41) is 1.92. The van der Waals surface area contributed by atoms with Gasteiger partial charge in [-0.25, -0.2) is 9.97 Å². The van der Waals surface area contributed by atoms with Gasteiger partial charge in [0, 0.05) is 15.0 Å². The summed E-state index contributed by atoms with van der Waals surface area (Å²) in [5.74, 6) is 0.861.